The summed E-state index contributed by atoms with van der Waals surface area (Å²) in [4.78, 5) is 18.2. The largest absolute Gasteiger partial charge is 0.373 e. The number of nitrogens with one attached hydrogen (secondary N) is 1. The summed E-state index contributed by atoms with van der Waals surface area (Å²) < 4.78 is 32.4. The predicted molar refractivity (Wildman–Crippen MR) is 122 cm³/mol. The Kier molecular flexibility index (Phi) is 7.74. The molecule has 1 N–H and O–H groups in total. The summed E-state index contributed by atoms with van der Waals surface area (Å²) in [5.74, 6) is -0.489. The van der Waals surface area contributed by atoms with E-state index in [9.17, 15) is 13.2 Å². The Hall–Kier alpha value is -1.94. The molecule has 1 aromatic carbocycles. The van der Waals surface area contributed by atoms with E-state index in [2.05, 4.69) is 16.4 Å². The van der Waals surface area contributed by atoms with E-state index in [1.54, 1.807) is 18.3 Å². The number of amides is 1. The summed E-state index contributed by atoms with van der Waals surface area (Å²) in [7, 11) is -3.48. The second kappa shape index (κ2) is 10.1. The van der Waals surface area contributed by atoms with Gasteiger partial charge < -0.3 is 10.1 Å². The Morgan fingerprint density at radius 3 is 2.61 bits per heavy atom. The van der Waals surface area contributed by atoms with Crippen LogP contribution in [0.5, 0.6) is 0 Å². The Bertz CT molecular complexity index is 1030. The normalized spacial score (nSPS) is 19.9. The van der Waals surface area contributed by atoms with Gasteiger partial charge in [-0.1, -0.05) is 29.5 Å². The molecule has 0 radical (unpaired) electrons. The summed E-state index contributed by atoms with van der Waals surface area (Å²) in [5.41, 5.74) is 2.71. The van der Waals surface area contributed by atoms with Gasteiger partial charge in [0.2, 0.25) is 10.0 Å². The highest BCUT2D eigenvalue weighted by atomic mass is 32.2. The van der Waals surface area contributed by atoms with Crippen LogP contribution in [0.15, 0.2) is 46.5 Å². The van der Waals surface area contributed by atoms with Crippen LogP contribution in [0.1, 0.15) is 35.3 Å². The lowest BCUT2D eigenvalue weighted by Crippen LogP contribution is -2.49. The molecule has 2 heterocycles. The Balaban J connectivity index is 1.63. The summed E-state index contributed by atoms with van der Waals surface area (Å²) >= 11 is 1.43. The molecule has 1 aliphatic heterocycles. The Morgan fingerprint density at radius 1 is 1.23 bits per heavy atom. The number of ether oxygens (including phenoxy) is 1. The molecular formula is C22H29N3O4S2. The number of carbonyl (C=O) groups is 1. The van der Waals surface area contributed by atoms with Crippen molar-refractivity contribution in [2.45, 2.75) is 49.8 Å². The molecule has 1 aromatic heterocycles. The van der Waals surface area contributed by atoms with Gasteiger partial charge in [0.05, 0.1) is 23.5 Å². The summed E-state index contributed by atoms with van der Waals surface area (Å²) in [6, 6.07) is 9.53. The first-order chi connectivity index (χ1) is 14.7. The molecule has 0 spiro atoms. The molecule has 2 unspecified atom stereocenters. The lowest BCUT2D eigenvalue weighted by molar-refractivity contribution is -0.0440. The molecule has 1 amide bonds. The molecule has 3 rings (SSSR count). The van der Waals surface area contributed by atoms with E-state index in [1.807, 2.05) is 39.8 Å². The van der Waals surface area contributed by atoms with Crippen LogP contribution in [-0.4, -0.2) is 61.2 Å². The molecule has 1 fully saturated rings. The molecule has 168 valence electrons. The predicted octanol–water partition coefficient (Wildman–Crippen LogP) is 3.02. The lowest BCUT2D eigenvalue weighted by atomic mass is 10.2. The molecule has 0 aliphatic carbocycles. The quantitative estimate of drug-likeness (QED) is 0.679. The third kappa shape index (κ3) is 6.29. The lowest BCUT2D eigenvalue weighted by Gasteiger charge is -2.34. The number of rotatable bonds is 7. The Labute approximate surface area is 188 Å². The summed E-state index contributed by atoms with van der Waals surface area (Å²) in [6.45, 7) is 8.47. The van der Waals surface area contributed by atoms with E-state index in [0.717, 1.165) is 10.5 Å². The molecular weight excluding hydrogens is 434 g/mol. The number of pyridine rings is 1. The van der Waals surface area contributed by atoms with E-state index in [-0.39, 0.29) is 30.4 Å². The topological polar surface area (TPSA) is 88.6 Å². The fourth-order valence-corrected chi connectivity index (χ4v) is 5.98. The van der Waals surface area contributed by atoms with E-state index in [1.165, 1.54) is 21.6 Å². The highest BCUT2D eigenvalue weighted by Crippen LogP contribution is 2.31. The van der Waals surface area contributed by atoms with E-state index < -0.39 is 10.0 Å². The zero-order chi connectivity index (χ0) is 22.6. The van der Waals surface area contributed by atoms with Gasteiger partial charge >= 0.3 is 0 Å². The maximum atomic E-state index is 12.8. The number of carbonyl (C=O) groups excluding carboxylic acids is 1. The fraction of sp³-hybridized carbons (Fsp3) is 0.455. The van der Waals surface area contributed by atoms with Gasteiger partial charge in [0.25, 0.3) is 5.91 Å². The number of nitrogens with zero attached hydrogens (tertiary/aromatic N) is 2. The number of sulfonamides is 1. The maximum Gasteiger partial charge on any atom is 0.254 e. The number of hydrogen-bond donors (Lipinski definition) is 1. The molecule has 1 aliphatic rings. The van der Waals surface area contributed by atoms with Crippen LogP contribution < -0.4 is 5.32 Å². The van der Waals surface area contributed by atoms with Crippen molar-refractivity contribution in [1.29, 1.82) is 0 Å². The molecule has 7 nitrogen and oxygen atoms in total. The van der Waals surface area contributed by atoms with Gasteiger partial charge in [-0.2, -0.15) is 4.31 Å². The average Bonchev–Trinajstić information content (AvgIpc) is 2.69. The second-order valence-corrected chi connectivity index (χ2v) is 11.0. The number of aryl methyl sites for hydroxylation is 2. The number of hydrogen-bond acceptors (Lipinski definition) is 6. The van der Waals surface area contributed by atoms with E-state index >= 15 is 0 Å². The van der Waals surface area contributed by atoms with Crippen molar-refractivity contribution in [3.63, 3.8) is 0 Å². The highest BCUT2D eigenvalue weighted by molar-refractivity contribution is 7.99. The smallest absolute Gasteiger partial charge is 0.254 e. The fourth-order valence-electron chi connectivity index (χ4n) is 3.54. The molecule has 0 saturated carbocycles. The first-order valence-electron chi connectivity index (χ1n) is 10.3. The first kappa shape index (κ1) is 23.7. The summed E-state index contributed by atoms with van der Waals surface area (Å²) in [6.07, 6.45) is 1.36. The molecule has 2 aromatic rings. The van der Waals surface area contributed by atoms with Crippen LogP contribution in [0.25, 0.3) is 0 Å². The van der Waals surface area contributed by atoms with Gasteiger partial charge in [-0.05, 0) is 51.5 Å². The van der Waals surface area contributed by atoms with Crippen molar-refractivity contribution in [3.8, 4) is 0 Å². The third-order valence-corrected chi connectivity index (χ3v) is 7.98. The van der Waals surface area contributed by atoms with Gasteiger partial charge in [0, 0.05) is 30.7 Å². The van der Waals surface area contributed by atoms with Crippen molar-refractivity contribution in [2.24, 2.45) is 0 Å². The highest BCUT2D eigenvalue weighted by Gasteiger charge is 2.30. The van der Waals surface area contributed by atoms with Crippen LogP contribution in [-0.2, 0) is 14.8 Å². The van der Waals surface area contributed by atoms with Gasteiger partial charge in [-0.15, -0.1) is 0 Å². The van der Waals surface area contributed by atoms with E-state index in [0.29, 0.717) is 23.7 Å². The maximum absolute atomic E-state index is 12.8. The van der Waals surface area contributed by atoms with Crippen molar-refractivity contribution >= 4 is 27.7 Å². The zero-order valence-corrected chi connectivity index (χ0v) is 19.9. The molecule has 31 heavy (non-hydrogen) atoms. The first-order valence-corrected chi connectivity index (χ1v) is 12.7. The standard InChI is InChI=1S/C22H29N3O4S2/c1-15-7-8-20(16(2)12-15)30-22-19(6-5-9-24-22)21(26)23-10-11-31(27,28)25-13-17(3)29-18(4)14-25/h5-9,12,17-18H,10-11,13-14H2,1-4H3,(H,23,26). The molecule has 1 saturated heterocycles. The average molecular weight is 464 g/mol. The number of aromatic nitrogens is 1. The minimum absolute atomic E-state index is 0.0316. The summed E-state index contributed by atoms with van der Waals surface area (Å²) in [5, 5.41) is 3.33. The monoisotopic (exact) mass is 463 g/mol. The van der Waals surface area contributed by atoms with Crippen molar-refractivity contribution in [2.75, 3.05) is 25.4 Å². The van der Waals surface area contributed by atoms with Crippen LogP contribution in [0, 0.1) is 13.8 Å². The van der Waals surface area contributed by atoms with Gasteiger partial charge in [-0.25, -0.2) is 13.4 Å². The molecule has 2 atom stereocenters. The number of benzene rings is 1. The van der Waals surface area contributed by atoms with Crippen LogP contribution >= 0.6 is 11.8 Å². The SMILES string of the molecule is Cc1ccc(Sc2ncccc2C(=O)NCCS(=O)(=O)N2CC(C)OC(C)C2)c(C)c1. The zero-order valence-electron chi connectivity index (χ0n) is 18.3. The Morgan fingerprint density at radius 2 is 1.94 bits per heavy atom. The van der Waals surface area contributed by atoms with Crippen LogP contribution in [0.2, 0.25) is 0 Å². The third-order valence-electron chi connectivity index (χ3n) is 4.98. The molecule has 0 bridgehead atoms. The van der Waals surface area contributed by atoms with Gasteiger partial charge in [-0.3, -0.25) is 4.79 Å². The number of morpholine rings is 1. The van der Waals surface area contributed by atoms with E-state index in [4.69, 9.17) is 4.74 Å². The van der Waals surface area contributed by atoms with Crippen LogP contribution in [0.3, 0.4) is 0 Å². The van der Waals surface area contributed by atoms with Crippen molar-refractivity contribution in [3.05, 3.63) is 53.2 Å². The molecule has 9 heteroatoms. The van der Waals surface area contributed by atoms with Crippen molar-refractivity contribution < 1.29 is 17.9 Å². The second-order valence-electron chi connectivity index (χ2n) is 7.87. The minimum atomic E-state index is -3.48. The van der Waals surface area contributed by atoms with Crippen LogP contribution in [0.4, 0.5) is 0 Å². The van der Waals surface area contributed by atoms with Crippen molar-refractivity contribution in [1.82, 2.24) is 14.6 Å². The van der Waals surface area contributed by atoms with Gasteiger partial charge in [0.15, 0.2) is 0 Å². The van der Waals surface area contributed by atoms with Gasteiger partial charge in [0.1, 0.15) is 5.03 Å². The minimum Gasteiger partial charge on any atom is -0.373 e.